The van der Waals surface area contributed by atoms with E-state index >= 15 is 0 Å². The minimum absolute atomic E-state index is 0.0696. The predicted octanol–water partition coefficient (Wildman–Crippen LogP) is 3.04. The Morgan fingerprint density at radius 1 is 1.32 bits per heavy atom. The number of benzene rings is 1. The van der Waals surface area contributed by atoms with Crippen LogP contribution in [0.4, 0.5) is 5.69 Å². The maximum atomic E-state index is 6.27. The van der Waals surface area contributed by atoms with Crippen LogP contribution in [0, 0.1) is 0 Å². The molecule has 0 bridgehead atoms. The number of hydrogen-bond donors (Lipinski definition) is 1. The van der Waals surface area contributed by atoms with E-state index in [-0.39, 0.29) is 6.04 Å². The lowest BCUT2D eigenvalue weighted by Gasteiger charge is -2.17. The van der Waals surface area contributed by atoms with Crippen LogP contribution in [0.5, 0.6) is 0 Å². The quantitative estimate of drug-likeness (QED) is 0.933. The third kappa shape index (κ3) is 3.46. The summed E-state index contributed by atoms with van der Waals surface area (Å²) in [7, 11) is 4.04. The van der Waals surface area contributed by atoms with Gasteiger partial charge in [-0.25, -0.2) is 0 Å². The summed E-state index contributed by atoms with van der Waals surface area (Å²) >= 11 is 6.11. The molecule has 3 nitrogen and oxygen atoms in total. The number of halogens is 1. The Balaban J connectivity index is 2.18. The van der Waals surface area contributed by atoms with E-state index in [0.29, 0.717) is 11.4 Å². The standard InChI is InChI=1S/C15H18ClN3/c1-19(2)13-5-3-4-12(8-13)15(17)9-11-6-7-18-10-14(11)16/h3-8,10,15H,9,17H2,1-2H3. The molecule has 2 aromatic rings. The molecule has 0 saturated carbocycles. The molecule has 1 aromatic carbocycles. The largest absolute Gasteiger partial charge is 0.378 e. The van der Waals surface area contributed by atoms with E-state index < -0.39 is 0 Å². The van der Waals surface area contributed by atoms with Crippen molar-refractivity contribution in [1.29, 1.82) is 0 Å². The van der Waals surface area contributed by atoms with Crippen LogP contribution in [-0.2, 0) is 6.42 Å². The lowest BCUT2D eigenvalue weighted by molar-refractivity contribution is 0.721. The number of rotatable bonds is 4. The van der Waals surface area contributed by atoms with Gasteiger partial charge >= 0.3 is 0 Å². The molecule has 1 unspecified atom stereocenters. The van der Waals surface area contributed by atoms with Gasteiger partial charge in [0.25, 0.3) is 0 Å². The summed E-state index contributed by atoms with van der Waals surface area (Å²) in [5.41, 5.74) is 9.55. The number of pyridine rings is 1. The highest BCUT2D eigenvalue weighted by Crippen LogP contribution is 2.23. The van der Waals surface area contributed by atoms with Crippen molar-refractivity contribution in [2.45, 2.75) is 12.5 Å². The van der Waals surface area contributed by atoms with Gasteiger partial charge in [-0.3, -0.25) is 4.98 Å². The molecular weight excluding hydrogens is 258 g/mol. The first-order chi connectivity index (χ1) is 9.08. The van der Waals surface area contributed by atoms with E-state index in [1.807, 2.05) is 32.3 Å². The van der Waals surface area contributed by atoms with E-state index in [4.69, 9.17) is 17.3 Å². The van der Waals surface area contributed by atoms with E-state index in [1.165, 1.54) is 0 Å². The minimum atomic E-state index is -0.0696. The summed E-state index contributed by atoms with van der Waals surface area (Å²) < 4.78 is 0. The molecule has 2 rings (SSSR count). The van der Waals surface area contributed by atoms with Crippen LogP contribution in [0.25, 0.3) is 0 Å². The summed E-state index contributed by atoms with van der Waals surface area (Å²) in [5.74, 6) is 0. The van der Waals surface area contributed by atoms with Gasteiger partial charge in [-0.15, -0.1) is 0 Å². The van der Waals surface area contributed by atoms with Crippen LogP contribution in [0.1, 0.15) is 17.2 Å². The van der Waals surface area contributed by atoms with Crippen LogP contribution >= 0.6 is 11.6 Å². The molecule has 2 N–H and O–H groups in total. The Morgan fingerprint density at radius 3 is 2.79 bits per heavy atom. The average molecular weight is 276 g/mol. The monoisotopic (exact) mass is 275 g/mol. The third-order valence-corrected chi connectivity index (χ3v) is 3.45. The maximum Gasteiger partial charge on any atom is 0.0622 e. The molecule has 0 saturated heterocycles. The minimum Gasteiger partial charge on any atom is -0.378 e. The van der Waals surface area contributed by atoms with Crippen molar-refractivity contribution in [3.05, 3.63) is 58.9 Å². The highest BCUT2D eigenvalue weighted by Gasteiger charge is 2.10. The van der Waals surface area contributed by atoms with Crippen LogP contribution < -0.4 is 10.6 Å². The van der Waals surface area contributed by atoms with Crippen LogP contribution in [0.2, 0.25) is 5.02 Å². The number of aromatic nitrogens is 1. The fourth-order valence-electron chi connectivity index (χ4n) is 1.96. The molecule has 0 spiro atoms. The normalized spacial score (nSPS) is 12.2. The fraction of sp³-hybridized carbons (Fsp3) is 0.267. The number of hydrogen-bond acceptors (Lipinski definition) is 3. The maximum absolute atomic E-state index is 6.27. The van der Waals surface area contributed by atoms with Crippen molar-refractivity contribution in [2.24, 2.45) is 5.73 Å². The molecule has 1 heterocycles. The van der Waals surface area contributed by atoms with Gasteiger partial charge in [0.1, 0.15) is 0 Å². The second-order valence-electron chi connectivity index (χ2n) is 4.77. The molecule has 19 heavy (non-hydrogen) atoms. The summed E-state index contributed by atoms with van der Waals surface area (Å²) in [4.78, 5) is 6.05. The van der Waals surface area contributed by atoms with E-state index in [0.717, 1.165) is 16.8 Å². The fourth-order valence-corrected chi connectivity index (χ4v) is 2.15. The summed E-state index contributed by atoms with van der Waals surface area (Å²) in [6, 6.07) is 10.1. The van der Waals surface area contributed by atoms with Gasteiger partial charge in [-0.1, -0.05) is 23.7 Å². The summed E-state index contributed by atoms with van der Waals surface area (Å²) in [6.07, 6.45) is 4.10. The first kappa shape index (κ1) is 13.8. The zero-order valence-corrected chi connectivity index (χ0v) is 11.9. The van der Waals surface area contributed by atoms with E-state index in [1.54, 1.807) is 12.4 Å². The Morgan fingerprint density at radius 2 is 2.11 bits per heavy atom. The highest BCUT2D eigenvalue weighted by atomic mass is 35.5. The molecule has 0 amide bonds. The first-order valence-electron chi connectivity index (χ1n) is 6.19. The summed E-state index contributed by atoms with van der Waals surface area (Å²) in [6.45, 7) is 0. The van der Waals surface area contributed by atoms with Crippen molar-refractivity contribution in [3.63, 3.8) is 0 Å². The molecule has 4 heteroatoms. The Kier molecular flexibility index (Phi) is 4.40. The lowest BCUT2D eigenvalue weighted by Crippen LogP contribution is -2.15. The topological polar surface area (TPSA) is 42.1 Å². The van der Waals surface area contributed by atoms with Gasteiger partial charge in [-0.05, 0) is 35.7 Å². The highest BCUT2D eigenvalue weighted by molar-refractivity contribution is 6.31. The molecule has 0 radical (unpaired) electrons. The number of anilines is 1. The summed E-state index contributed by atoms with van der Waals surface area (Å²) in [5, 5.41) is 0.668. The molecule has 0 fully saturated rings. The second kappa shape index (κ2) is 6.04. The third-order valence-electron chi connectivity index (χ3n) is 3.11. The van der Waals surface area contributed by atoms with Crippen LogP contribution in [0.3, 0.4) is 0 Å². The number of nitrogens with zero attached hydrogens (tertiary/aromatic N) is 2. The van der Waals surface area contributed by atoms with Gasteiger partial charge in [-0.2, -0.15) is 0 Å². The predicted molar refractivity (Wildman–Crippen MR) is 80.6 cm³/mol. The first-order valence-corrected chi connectivity index (χ1v) is 6.57. The van der Waals surface area contributed by atoms with E-state index in [9.17, 15) is 0 Å². The molecule has 0 aliphatic rings. The van der Waals surface area contributed by atoms with Gasteiger partial charge in [0.15, 0.2) is 0 Å². The zero-order chi connectivity index (χ0) is 13.8. The van der Waals surface area contributed by atoms with Crippen molar-refractivity contribution >= 4 is 17.3 Å². The van der Waals surface area contributed by atoms with Crippen molar-refractivity contribution in [2.75, 3.05) is 19.0 Å². The van der Waals surface area contributed by atoms with Crippen molar-refractivity contribution < 1.29 is 0 Å². The average Bonchev–Trinajstić information content (AvgIpc) is 2.41. The lowest BCUT2D eigenvalue weighted by atomic mass is 10.00. The SMILES string of the molecule is CN(C)c1cccc(C(N)Cc2ccncc2Cl)c1. The number of nitrogens with two attached hydrogens (primary N) is 1. The van der Waals surface area contributed by atoms with E-state index in [2.05, 4.69) is 22.0 Å². The molecule has 100 valence electrons. The van der Waals surface area contributed by atoms with Gasteiger partial charge in [0.05, 0.1) is 5.02 Å². The zero-order valence-electron chi connectivity index (χ0n) is 11.2. The molecule has 0 aliphatic heterocycles. The van der Waals surface area contributed by atoms with Gasteiger partial charge < -0.3 is 10.6 Å². The van der Waals surface area contributed by atoms with Crippen LogP contribution in [0.15, 0.2) is 42.7 Å². The Labute approximate surface area is 119 Å². The Hall–Kier alpha value is -1.58. The van der Waals surface area contributed by atoms with Crippen LogP contribution in [-0.4, -0.2) is 19.1 Å². The molecular formula is C15H18ClN3. The Bertz CT molecular complexity index is 555. The van der Waals surface area contributed by atoms with Crippen molar-refractivity contribution in [3.8, 4) is 0 Å². The van der Waals surface area contributed by atoms with Gasteiger partial charge in [0.2, 0.25) is 0 Å². The molecule has 1 aromatic heterocycles. The van der Waals surface area contributed by atoms with Crippen molar-refractivity contribution in [1.82, 2.24) is 4.98 Å². The molecule has 0 aliphatic carbocycles. The second-order valence-corrected chi connectivity index (χ2v) is 5.17. The van der Waals surface area contributed by atoms with Gasteiger partial charge in [0, 0.05) is 38.2 Å². The molecule has 1 atom stereocenters. The smallest absolute Gasteiger partial charge is 0.0622 e.